The number of nitrogens with zero attached hydrogens (tertiary/aromatic N) is 3. The van der Waals surface area contributed by atoms with Crippen molar-refractivity contribution in [3.05, 3.63) is 53.4 Å². The van der Waals surface area contributed by atoms with Crippen LogP contribution in [0.25, 0.3) is 0 Å². The largest absolute Gasteiger partial charge is 0.364 e. The van der Waals surface area contributed by atoms with Crippen LogP contribution < -0.4 is 26.6 Å². The average molecular weight is 519 g/mol. The third-order valence-electron chi connectivity index (χ3n) is 4.99. The minimum Gasteiger partial charge on any atom is -0.364 e. The van der Waals surface area contributed by atoms with Crippen molar-refractivity contribution in [1.82, 2.24) is 20.6 Å². The number of hydrogen-bond acceptors (Lipinski definition) is 7. The zero-order chi connectivity index (χ0) is 24.4. The molecule has 0 radical (unpaired) electrons. The second kappa shape index (κ2) is 13.3. The molecular weight excluding hydrogens is 482 g/mol. The Kier molecular flexibility index (Phi) is 10.8. The van der Waals surface area contributed by atoms with Crippen LogP contribution in [-0.2, 0) is 6.42 Å². The van der Waals surface area contributed by atoms with Crippen LogP contribution in [-0.4, -0.2) is 60.5 Å². The predicted molar refractivity (Wildman–Crippen MR) is 141 cm³/mol. The molecule has 0 spiro atoms. The molecule has 1 aromatic heterocycles. The Balaban J connectivity index is 1.97. The molecule has 0 aliphatic heterocycles. The lowest BCUT2D eigenvalue weighted by Gasteiger charge is -2.18. The summed E-state index contributed by atoms with van der Waals surface area (Å²) in [5, 5.41) is 11.1. The Morgan fingerprint density at radius 2 is 2.03 bits per heavy atom. The number of alkyl halides is 1. The van der Waals surface area contributed by atoms with Crippen molar-refractivity contribution in [3.63, 3.8) is 0 Å². The topological polar surface area (TPSA) is 108 Å². The SMILES string of the molecule is Cc1nc(C(N)=O)c(Nc2cccc(CCNCC(C)NC(C)C=CCBr)c2)nc1N(C)C. The fraction of sp³-hybridized carbons (Fsp3) is 0.458. The highest BCUT2D eigenvalue weighted by atomic mass is 79.9. The summed E-state index contributed by atoms with van der Waals surface area (Å²) in [6, 6.07) is 8.77. The number of carbonyl (C=O) groups excluding carboxylic acids is 1. The minimum atomic E-state index is -0.613. The third kappa shape index (κ3) is 8.75. The highest BCUT2D eigenvalue weighted by Crippen LogP contribution is 2.23. The maximum absolute atomic E-state index is 11.9. The second-order valence-corrected chi connectivity index (χ2v) is 8.95. The van der Waals surface area contributed by atoms with E-state index in [1.54, 1.807) is 0 Å². The number of anilines is 3. The maximum atomic E-state index is 11.9. The summed E-state index contributed by atoms with van der Waals surface area (Å²) >= 11 is 3.40. The van der Waals surface area contributed by atoms with E-state index in [0.717, 1.165) is 30.5 Å². The molecule has 2 rings (SSSR count). The van der Waals surface area contributed by atoms with Gasteiger partial charge in [-0.05, 0) is 51.4 Å². The molecule has 2 atom stereocenters. The zero-order valence-corrected chi connectivity index (χ0v) is 21.7. The molecule has 0 aliphatic rings. The predicted octanol–water partition coefficient (Wildman–Crippen LogP) is 3.14. The molecule has 9 heteroatoms. The first-order valence-corrected chi connectivity index (χ1v) is 12.2. The molecule has 0 fully saturated rings. The van der Waals surface area contributed by atoms with Gasteiger partial charge in [-0.3, -0.25) is 4.79 Å². The summed E-state index contributed by atoms with van der Waals surface area (Å²) in [7, 11) is 3.77. The Hall–Kier alpha value is -2.49. The lowest BCUT2D eigenvalue weighted by molar-refractivity contribution is 0.0996. The first kappa shape index (κ1) is 26.8. The fourth-order valence-electron chi connectivity index (χ4n) is 3.50. The Morgan fingerprint density at radius 1 is 1.27 bits per heavy atom. The number of benzene rings is 1. The van der Waals surface area contributed by atoms with Crippen molar-refractivity contribution in [2.75, 3.05) is 42.7 Å². The first-order chi connectivity index (χ1) is 15.7. The van der Waals surface area contributed by atoms with Crippen molar-refractivity contribution in [2.24, 2.45) is 5.73 Å². The van der Waals surface area contributed by atoms with Gasteiger partial charge in [-0.25, -0.2) is 9.97 Å². The molecule has 2 unspecified atom stereocenters. The molecular formula is C24H36BrN7O. The number of nitrogens with one attached hydrogen (secondary N) is 3. The molecule has 33 heavy (non-hydrogen) atoms. The molecule has 0 saturated carbocycles. The van der Waals surface area contributed by atoms with Crippen LogP contribution in [0.3, 0.4) is 0 Å². The highest BCUT2D eigenvalue weighted by Gasteiger charge is 2.17. The van der Waals surface area contributed by atoms with Gasteiger partial charge in [-0.15, -0.1) is 0 Å². The number of aromatic nitrogens is 2. The average Bonchev–Trinajstić information content (AvgIpc) is 2.76. The van der Waals surface area contributed by atoms with Crippen LogP contribution in [0.5, 0.6) is 0 Å². The normalized spacial score (nSPS) is 13.2. The second-order valence-electron chi connectivity index (χ2n) is 8.31. The Bertz CT molecular complexity index is 948. The third-order valence-corrected chi connectivity index (χ3v) is 5.37. The van der Waals surface area contributed by atoms with Gasteiger partial charge in [0.25, 0.3) is 5.91 Å². The summed E-state index contributed by atoms with van der Waals surface area (Å²) in [5.74, 6) is 0.427. The van der Waals surface area contributed by atoms with E-state index in [0.29, 0.717) is 29.4 Å². The number of aryl methyl sites for hydroxylation is 1. The first-order valence-electron chi connectivity index (χ1n) is 11.1. The molecule has 0 saturated heterocycles. The molecule has 5 N–H and O–H groups in total. The molecule has 1 aromatic carbocycles. The van der Waals surface area contributed by atoms with Crippen molar-refractivity contribution in [2.45, 2.75) is 39.3 Å². The highest BCUT2D eigenvalue weighted by molar-refractivity contribution is 9.09. The van der Waals surface area contributed by atoms with Gasteiger partial charge < -0.3 is 26.6 Å². The minimum absolute atomic E-state index is 0.131. The van der Waals surface area contributed by atoms with Gasteiger partial charge in [0.2, 0.25) is 0 Å². The number of halogens is 1. The van der Waals surface area contributed by atoms with Gasteiger partial charge in [0.15, 0.2) is 17.3 Å². The number of primary amides is 1. The van der Waals surface area contributed by atoms with E-state index in [1.165, 1.54) is 5.56 Å². The van der Waals surface area contributed by atoms with E-state index in [1.807, 2.05) is 38.1 Å². The number of amides is 1. The number of nitrogens with two attached hydrogens (primary N) is 1. The maximum Gasteiger partial charge on any atom is 0.271 e. The van der Waals surface area contributed by atoms with Crippen molar-refractivity contribution in [3.8, 4) is 0 Å². The summed E-state index contributed by atoms with van der Waals surface area (Å²) in [6.07, 6.45) is 5.15. The molecule has 8 nitrogen and oxygen atoms in total. The van der Waals surface area contributed by atoms with Crippen LogP contribution in [0.1, 0.15) is 35.6 Å². The number of hydrogen-bond donors (Lipinski definition) is 4. The molecule has 1 heterocycles. The molecule has 2 aromatic rings. The molecule has 1 amide bonds. The standard InChI is InChI=1S/C24H36BrN7O/c1-16(8-7-12-25)28-17(2)15-27-13-11-19-9-6-10-20(14-19)30-23-21(22(26)33)29-18(3)24(31-23)32(4)5/h6-10,14,16-17,27-28H,11-13,15H2,1-5H3,(H2,26,33)(H,30,31). The Labute approximate surface area is 205 Å². The smallest absolute Gasteiger partial charge is 0.271 e. The van der Waals surface area contributed by atoms with E-state index < -0.39 is 5.91 Å². The van der Waals surface area contributed by atoms with E-state index in [9.17, 15) is 4.79 Å². The fourth-order valence-corrected chi connectivity index (χ4v) is 3.72. The van der Waals surface area contributed by atoms with Crippen LogP contribution >= 0.6 is 15.9 Å². The van der Waals surface area contributed by atoms with Crippen LogP contribution in [0.15, 0.2) is 36.4 Å². The van der Waals surface area contributed by atoms with E-state index in [2.05, 4.69) is 80.0 Å². The molecule has 0 bridgehead atoms. The van der Waals surface area contributed by atoms with Crippen molar-refractivity contribution < 1.29 is 4.79 Å². The summed E-state index contributed by atoms with van der Waals surface area (Å²) in [6.45, 7) is 7.89. The number of carbonyl (C=O) groups is 1. The summed E-state index contributed by atoms with van der Waals surface area (Å²) < 4.78 is 0. The van der Waals surface area contributed by atoms with Crippen molar-refractivity contribution in [1.29, 1.82) is 0 Å². The van der Waals surface area contributed by atoms with Gasteiger partial charge in [0.05, 0.1) is 5.69 Å². The summed E-state index contributed by atoms with van der Waals surface area (Å²) in [5.41, 5.74) is 8.33. The Morgan fingerprint density at radius 3 is 2.70 bits per heavy atom. The van der Waals surface area contributed by atoms with Crippen LogP contribution in [0, 0.1) is 6.92 Å². The molecule has 180 valence electrons. The van der Waals surface area contributed by atoms with Gasteiger partial charge in [0, 0.05) is 43.7 Å². The number of rotatable bonds is 13. The number of allylic oxidation sites excluding steroid dienone is 1. The zero-order valence-electron chi connectivity index (χ0n) is 20.2. The van der Waals surface area contributed by atoms with Gasteiger partial charge in [-0.2, -0.15) is 0 Å². The molecule has 0 aliphatic carbocycles. The van der Waals surface area contributed by atoms with E-state index in [4.69, 9.17) is 5.73 Å². The van der Waals surface area contributed by atoms with Gasteiger partial charge in [-0.1, -0.05) is 40.2 Å². The lowest BCUT2D eigenvalue weighted by atomic mass is 10.1. The van der Waals surface area contributed by atoms with E-state index >= 15 is 0 Å². The summed E-state index contributed by atoms with van der Waals surface area (Å²) in [4.78, 5) is 22.7. The van der Waals surface area contributed by atoms with Crippen LogP contribution in [0.4, 0.5) is 17.3 Å². The monoisotopic (exact) mass is 517 g/mol. The van der Waals surface area contributed by atoms with Gasteiger partial charge in [0.1, 0.15) is 0 Å². The van der Waals surface area contributed by atoms with Crippen LogP contribution in [0.2, 0.25) is 0 Å². The van der Waals surface area contributed by atoms with Gasteiger partial charge >= 0.3 is 0 Å². The quantitative estimate of drug-likeness (QED) is 0.183. The van der Waals surface area contributed by atoms with Crippen molar-refractivity contribution >= 4 is 39.2 Å². The lowest BCUT2D eigenvalue weighted by Crippen LogP contribution is -2.40. The van der Waals surface area contributed by atoms with E-state index in [-0.39, 0.29) is 5.69 Å².